The molecule has 0 heterocycles. The molecule has 0 radical (unpaired) electrons. The highest BCUT2D eigenvalue weighted by Crippen LogP contribution is 2.27. The molecule has 0 saturated carbocycles. The van der Waals surface area contributed by atoms with Crippen LogP contribution in [0.15, 0.2) is 72.1 Å². The van der Waals surface area contributed by atoms with Crippen LogP contribution >= 0.6 is 11.8 Å². The lowest BCUT2D eigenvalue weighted by Gasteiger charge is -2.24. The number of nitrogens with zero attached hydrogens (tertiary/aromatic N) is 1. The molecule has 0 fully saturated rings. The van der Waals surface area contributed by atoms with Crippen molar-refractivity contribution < 1.29 is 4.79 Å². The van der Waals surface area contributed by atoms with Gasteiger partial charge in [-0.3, -0.25) is 9.69 Å². The predicted molar refractivity (Wildman–Crippen MR) is 103 cm³/mol. The Morgan fingerprint density at radius 2 is 1.88 bits per heavy atom. The minimum atomic E-state index is -0.00747. The van der Waals surface area contributed by atoms with Gasteiger partial charge in [0.2, 0.25) is 5.91 Å². The first-order valence-electron chi connectivity index (χ1n) is 7.99. The highest BCUT2D eigenvalue weighted by molar-refractivity contribution is 7.99. The van der Waals surface area contributed by atoms with E-state index in [1.54, 1.807) is 11.8 Å². The second kappa shape index (κ2) is 9.30. The van der Waals surface area contributed by atoms with E-state index in [2.05, 4.69) is 31.0 Å². The fourth-order valence-corrected chi connectivity index (χ4v) is 3.13. The summed E-state index contributed by atoms with van der Waals surface area (Å²) in [5.41, 5.74) is 2.06. The summed E-state index contributed by atoms with van der Waals surface area (Å²) in [5, 5.41) is 3.02. The number of hydrogen-bond acceptors (Lipinski definition) is 3. The van der Waals surface area contributed by atoms with Gasteiger partial charge in [0.05, 0.1) is 12.2 Å². The molecule has 1 N–H and O–H groups in total. The molecule has 0 aliphatic rings. The van der Waals surface area contributed by atoms with Crippen molar-refractivity contribution in [1.82, 2.24) is 4.90 Å². The topological polar surface area (TPSA) is 32.3 Å². The molecule has 126 valence electrons. The third kappa shape index (κ3) is 5.25. The van der Waals surface area contributed by atoms with E-state index in [0.717, 1.165) is 16.3 Å². The average Bonchev–Trinajstić information content (AvgIpc) is 2.61. The van der Waals surface area contributed by atoms with Crippen molar-refractivity contribution in [3.05, 3.63) is 72.8 Å². The summed E-state index contributed by atoms with van der Waals surface area (Å²) in [7, 11) is 1.97. The second-order valence-corrected chi connectivity index (χ2v) is 6.71. The molecule has 0 aromatic heterocycles. The highest BCUT2D eigenvalue weighted by atomic mass is 32.2. The largest absolute Gasteiger partial charge is 0.324 e. The maximum Gasteiger partial charge on any atom is 0.238 e. The number of carbonyl (C=O) groups excluding carboxylic acids is 1. The molecule has 0 saturated heterocycles. The molecule has 0 aliphatic heterocycles. The molecule has 3 nitrogen and oxygen atoms in total. The van der Waals surface area contributed by atoms with E-state index >= 15 is 0 Å². The minimum absolute atomic E-state index is 0.00747. The second-order valence-electron chi connectivity index (χ2n) is 5.65. The molecule has 4 heteroatoms. The van der Waals surface area contributed by atoms with Crippen molar-refractivity contribution in [2.75, 3.05) is 24.7 Å². The first-order valence-corrected chi connectivity index (χ1v) is 8.98. The Labute approximate surface area is 148 Å². The van der Waals surface area contributed by atoms with Crippen LogP contribution in [0.5, 0.6) is 0 Å². The Hall–Kier alpha value is -2.04. The molecule has 2 aromatic carbocycles. The number of likely N-dealkylation sites (N-methyl/N-ethyl adjacent to an activating group) is 1. The molecular weight excluding hydrogens is 316 g/mol. The highest BCUT2D eigenvalue weighted by Gasteiger charge is 2.15. The van der Waals surface area contributed by atoms with Gasteiger partial charge in [-0.1, -0.05) is 48.5 Å². The van der Waals surface area contributed by atoms with E-state index in [-0.39, 0.29) is 11.9 Å². The summed E-state index contributed by atoms with van der Waals surface area (Å²) < 4.78 is 0. The van der Waals surface area contributed by atoms with E-state index in [1.807, 2.05) is 60.5 Å². The quantitative estimate of drug-likeness (QED) is 0.563. The third-order valence-electron chi connectivity index (χ3n) is 3.85. The number of rotatable bonds is 8. The van der Waals surface area contributed by atoms with Crippen molar-refractivity contribution in [2.24, 2.45) is 0 Å². The van der Waals surface area contributed by atoms with Crippen LogP contribution in [0.25, 0.3) is 0 Å². The summed E-state index contributed by atoms with van der Waals surface area (Å²) in [5.74, 6) is 0.810. The maximum absolute atomic E-state index is 12.4. The van der Waals surface area contributed by atoms with Crippen molar-refractivity contribution >= 4 is 23.4 Å². The fraction of sp³-hybridized carbons (Fsp3) is 0.250. The third-order valence-corrected chi connectivity index (χ3v) is 4.92. The number of carbonyl (C=O) groups is 1. The van der Waals surface area contributed by atoms with Crippen LogP contribution in [0.2, 0.25) is 0 Å². The number of anilines is 1. The fourth-order valence-electron chi connectivity index (χ4n) is 2.38. The van der Waals surface area contributed by atoms with Gasteiger partial charge in [0.1, 0.15) is 0 Å². The lowest BCUT2D eigenvalue weighted by atomic mass is 10.1. The Morgan fingerprint density at radius 1 is 1.21 bits per heavy atom. The standard InChI is InChI=1S/C20H24N2OS/c1-4-14-24-19-13-9-8-12-18(19)21-20(23)15-22(3)16(2)17-10-6-5-7-11-17/h4-13,16H,1,14-15H2,2-3H3,(H,21,23). The monoisotopic (exact) mass is 340 g/mol. The number of hydrogen-bond donors (Lipinski definition) is 1. The predicted octanol–water partition coefficient (Wildman–Crippen LogP) is 4.60. The van der Waals surface area contributed by atoms with Crippen LogP contribution in [0.1, 0.15) is 18.5 Å². The molecule has 1 atom stereocenters. The van der Waals surface area contributed by atoms with Gasteiger partial charge >= 0.3 is 0 Å². The summed E-state index contributed by atoms with van der Waals surface area (Å²) >= 11 is 1.66. The molecule has 2 aromatic rings. The number of thioether (sulfide) groups is 1. The van der Waals surface area contributed by atoms with Crippen LogP contribution in [0, 0.1) is 0 Å². The van der Waals surface area contributed by atoms with Gasteiger partial charge in [0, 0.05) is 16.7 Å². The van der Waals surface area contributed by atoms with E-state index in [1.165, 1.54) is 5.56 Å². The summed E-state index contributed by atoms with van der Waals surface area (Å²) in [6.45, 7) is 6.19. The Bertz CT molecular complexity index is 672. The molecule has 0 aliphatic carbocycles. The van der Waals surface area contributed by atoms with E-state index in [9.17, 15) is 4.79 Å². The van der Waals surface area contributed by atoms with Crippen LogP contribution in [-0.4, -0.2) is 30.2 Å². The number of amides is 1. The normalized spacial score (nSPS) is 12.0. The van der Waals surface area contributed by atoms with Crippen LogP contribution in [0.4, 0.5) is 5.69 Å². The summed E-state index contributed by atoms with van der Waals surface area (Å²) in [6, 6.07) is 18.3. The van der Waals surface area contributed by atoms with Crippen LogP contribution in [0.3, 0.4) is 0 Å². The van der Waals surface area contributed by atoms with Gasteiger partial charge in [-0.15, -0.1) is 18.3 Å². The van der Waals surface area contributed by atoms with Crippen molar-refractivity contribution in [1.29, 1.82) is 0 Å². The number of benzene rings is 2. The SMILES string of the molecule is C=CCSc1ccccc1NC(=O)CN(C)C(C)c1ccccc1. The first-order chi connectivity index (χ1) is 11.6. The Kier molecular flexibility index (Phi) is 7.09. The van der Waals surface area contributed by atoms with Gasteiger partial charge in [0.25, 0.3) is 0 Å². The lowest BCUT2D eigenvalue weighted by molar-refractivity contribution is -0.117. The minimum Gasteiger partial charge on any atom is -0.324 e. The number of nitrogens with one attached hydrogen (secondary N) is 1. The Morgan fingerprint density at radius 3 is 2.58 bits per heavy atom. The van der Waals surface area contributed by atoms with Crippen molar-refractivity contribution in [3.8, 4) is 0 Å². The molecule has 0 bridgehead atoms. The zero-order chi connectivity index (χ0) is 17.4. The molecular formula is C20H24N2OS. The van der Waals surface area contributed by atoms with Gasteiger partial charge < -0.3 is 5.32 Å². The zero-order valence-corrected chi connectivity index (χ0v) is 15.1. The molecule has 24 heavy (non-hydrogen) atoms. The number of para-hydroxylation sites is 1. The van der Waals surface area contributed by atoms with E-state index < -0.39 is 0 Å². The molecule has 1 unspecified atom stereocenters. The molecule has 1 amide bonds. The van der Waals surface area contributed by atoms with Crippen molar-refractivity contribution in [3.63, 3.8) is 0 Å². The van der Waals surface area contributed by atoms with E-state index in [0.29, 0.717) is 6.54 Å². The first kappa shape index (κ1) is 18.3. The van der Waals surface area contributed by atoms with Gasteiger partial charge in [-0.2, -0.15) is 0 Å². The van der Waals surface area contributed by atoms with Gasteiger partial charge in [-0.25, -0.2) is 0 Å². The average molecular weight is 340 g/mol. The molecule has 0 spiro atoms. The summed E-state index contributed by atoms with van der Waals surface area (Å²) in [4.78, 5) is 15.5. The smallest absolute Gasteiger partial charge is 0.238 e. The van der Waals surface area contributed by atoms with Gasteiger partial charge in [-0.05, 0) is 31.7 Å². The lowest BCUT2D eigenvalue weighted by Crippen LogP contribution is -2.32. The molecule has 2 rings (SSSR count). The zero-order valence-electron chi connectivity index (χ0n) is 14.2. The maximum atomic E-state index is 12.4. The Balaban J connectivity index is 1.97. The van der Waals surface area contributed by atoms with Gasteiger partial charge in [0.15, 0.2) is 0 Å². The van der Waals surface area contributed by atoms with Crippen LogP contribution < -0.4 is 5.32 Å². The summed E-state index contributed by atoms with van der Waals surface area (Å²) in [6.07, 6.45) is 1.86. The van der Waals surface area contributed by atoms with E-state index in [4.69, 9.17) is 0 Å². The van der Waals surface area contributed by atoms with Crippen LogP contribution in [-0.2, 0) is 4.79 Å². The van der Waals surface area contributed by atoms with Crippen molar-refractivity contribution in [2.45, 2.75) is 17.9 Å².